The zero-order chi connectivity index (χ0) is 23.8. The largest absolute Gasteiger partial charge is 0.352 e. The van der Waals surface area contributed by atoms with Crippen LogP contribution in [0.1, 0.15) is 31.9 Å². The van der Waals surface area contributed by atoms with Gasteiger partial charge in [0, 0.05) is 40.5 Å². The van der Waals surface area contributed by atoms with Crippen LogP contribution in [-0.4, -0.2) is 39.5 Å². The molecule has 32 heavy (non-hydrogen) atoms. The van der Waals surface area contributed by atoms with E-state index in [-0.39, 0.29) is 35.8 Å². The van der Waals surface area contributed by atoms with Gasteiger partial charge in [-0.3, -0.25) is 19.7 Å². The Morgan fingerprint density at radius 1 is 1.12 bits per heavy atom. The second-order valence-electron chi connectivity index (χ2n) is 7.51. The maximum atomic E-state index is 13.1. The Morgan fingerprint density at radius 3 is 2.34 bits per heavy atom. The predicted molar refractivity (Wildman–Crippen MR) is 129 cm³/mol. The number of carbonyl (C=O) groups is 2. The second-order valence-corrected chi connectivity index (χ2v) is 9.34. The molecule has 0 bridgehead atoms. The van der Waals surface area contributed by atoms with Gasteiger partial charge in [-0.1, -0.05) is 41.4 Å². The highest BCUT2D eigenvalue weighted by Gasteiger charge is 2.27. The number of thioether (sulfide) groups is 1. The van der Waals surface area contributed by atoms with E-state index < -0.39 is 11.0 Å². The van der Waals surface area contributed by atoms with E-state index in [0.29, 0.717) is 21.4 Å². The van der Waals surface area contributed by atoms with Crippen LogP contribution < -0.4 is 5.32 Å². The molecule has 0 fully saturated rings. The molecule has 0 aliphatic carbocycles. The van der Waals surface area contributed by atoms with E-state index >= 15 is 0 Å². The molecule has 0 saturated heterocycles. The zero-order valence-corrected chi connectivity index (χ0v) is 20.3. The Bertz CT molecular complexity index is 970. The van der Waals surface area contributed by atoms with Crippen LogP contribution in [0, 0.1) is 10.1 Å². The average Bonchev–Trinajstić information content (AvgIpc) is 2.72. The van der Waals surface area contributed by atoms with Crippen LogP contribution in [0.3, 0.4) is 0 Å². The van der Waals surface area contributed by atoms with Gasteiger partial charge in [0.15, 0.2) is 0 Å². The second kappa shape index (κ2) is 12.1. The molecule has 7 nitrogen and oxygen atoms in total. The minimum absolute atomic E-state index is 0.0193. The van der Waals surface area contributed by atoms with Gasteiger partial charge in [-0.05, 0) is 44.0 Å². The van der Waals surface area contributed by atoms with Gasteiger partial charge in [0.1, 0.15) is 6.04 Å². The molecular formula is C22H25Cl2N3O4S. The predicted octanol–water partition coefficient (Wildman–Crippen LogP) is 5.08. The fourth-order valence-corrected chi connectivity index (χ4v) is 4.21. The maximum absolute atomic E-state index is 13.1. The first-order valence-electron chi connectivity index (χ1n) is 9.93. The topological polar surface area (TPSA) is 92.6 Å². The zero-order valence-electron chi connectivity index (χ0n) is 18.0. The van der Waals surface area contributed by atoms with Crippen LogP contribution in [-0.2, 0) is 21.9 Å². The number of benzene rings is 2. The fraction of sp³-hybridized carbons (Fsp3) is 0.364. The van der Waals surface area contributed by atoms with Gasteiger partial charge < -0.3 is 10.2 Å². The number of nitro benzene ring substituents is 1. The van der Waals surface area contributed by atoms with Gasteiger partial charge in [-0.15, -0.1) is 11.8 Å². The first-order chi connectivity index (χ1) is 15.1. The minimum Gasteiger partial charge on any atom is -0.352 e. The Balaban J connectivity index is 2.09. The Hall–Kier alpha value is -2.29. The van der Waals surface area contributed by atoms with E-state index in [2.05, 4.69) is 5.32 Å². The number of hydrogen-bond donors (Lipinski definition) is 1. The summed E-state index contributed by atoms with van der Waals surface area (Å²) < 4.78 is 0. The molecule has 1 atom stereocenters. The number of non-ortho nitro benzene ring substituents is 1. The highest BCUT2D eigenvalue weighted by molar-refractivity contribution is 7.99. The molecule has 2 aromatic carbocycles. The number of halogens is 2. The molecule has 1 N–H and O–H groups in total. The Kier molecular flexibility index (Phi) is 9.81. The molecule has 0 radical (unpaired) electrons. The third-order valence-electron chi connectivity index (χ3n) is 4.60. The van der Waals surface area contributed by atoms with Crippen molar-refractivity contribution in [2.24, 2.45) is 0 Å². The smallest absolute Gasteiger partial charge is 0.269 e. The Labute approximate surface area is 201 Å². The number of carbonyl (C=O) groups excluding carboxylic acids is 2. The van der Waals surface area contributed by atoms with Crippen molar-refractivity contribution >= 4 is 52.5 Å². The maximum Gasteiger partial charge on any atom is 0.269 e. The van der Waals surface area contributed by atoms with E-state index in [1.165, 1.54) is 28.8 Å². The molecule has 0 aliphatic rings. The van der Waals surface area contributed by atoms with Crippen LogP contribution in [0.25, 0.3) is 0 Å². The SMILES string of the molecule is CC(C)NC(=O)[C@@H](C)N(Cc1ccc(Cl)cc1Cl)C(=O)CSCc1ccc([N+](=O)[O-])cc1. The Morgan fingerprint density at radius 2 is 1.78 bits per heavy atom. The quantitative estimate of drug-likeness (QED) is 0.365. The van der Waals surface area contributed by atoms with E-state index in [0.717, 1.165) is 5.56 Å². The molecule has 0 unspecified atom stereocenters. The van der Waals surface area contributed by atoms with Crippen molar-refractivity contribution in [2.75, 3.05) is 5.75 Å². The highest BCUT2D eigenvalue weighted by Crippen LogP contribution is 2.24. The average molecular weight is 498 g/mol. The number of nitrogens with zero attached hydrogens (tertiary/aromatic N) is 2. The number of hydrogen-bond acceptors (Lipinski definition) is 5. The summed E-state index contributed by atoms with van der Waals surface area (Å²) in [5.74, 6) is 0.181. The minimum atomic E-state index is -0.698. The summed E-state index contributed by atoms with van der Waals surface area (Å²) in [6, 6.07) is 10.5. The van der Waals surface area contributed by atoms with Gasteiger partial charge >= 0.3 is 0 Å². The number of rotatable bonds is 10. The van der Waals surface area contributed by atoms with Crippen molar-refractivity contribution in [2.45, 2.75) is 45.2 Å². The normalized spacial score (nSPS) is 11.8. The summed E-state index contributed by atoms with van der Waals surface area (Å²) in [4.78, 5) is 37.5. The third-order valence-corrected chi connectivity index (χ3v) is 6.17. The molecule has 0 spiro atoms. The van der Waals surface area contributed by atoms with Crippen LogP contribution in [0.4, 0.5) is 5.69 Å². The lowest BCUT2D eigenvalue weighted by atomic mass is 10.1. The van der Waals surface area contributed by atoms with Gasteiger partial charge in [-0.25, -0.2) is 0 Å². The van der Waals surface area contributed by atoms with E-state index in [1.807, 2.05) is 13.8 Å². The van der Waals surface area contributed by atoms with E-state index in [4.69, 9.17) is 23.2 Å². The number of nitrogens with one attached hydrogen (secondary N) is 1. The lowest BCUT2D eigenvalue weighted by molar-refractivity contribution is -0.384. The van der Waals surface area contributed by atoms with Crippen molar-refractivity contribution < 1.29 is 14.5 Å². The summed E-state index contributed by atoms with van der Waals surface area (Å²) in [6.07, 6.45) is 0. The molecule has 2 amide bonds. The summed E-state index contributed by atoms with van der Waals surface area (Å²) >= 11 is 13.6. The monoisotopic (exact) mass is 497 g/mol. The van der Waals surface area contributed by atoms with Gasteiger partial charge in [0.05, 0.1) is 10.7 Å². The standard InChI is InChI=1S/C22H25Cl2N3O4S/c1-14(2)25-22(29)15(3)26(11-17-6-7-18(23)10-20(17)24)21(28)13-32-12-16-4-8-19(9-5-16)27(30)31/h4-10,14-15H,11-13H2,1-3H3,(H,25,29)/t15-/m1/s1. The van der Waals surface area contributed by atoms with Crippen LogP contribution in [0.2, 0.25) is 10.0 Å². The molecular weight excluding hydrogens is 473 g/mol. The van der Waals surface area contributed by atoms with Crippen molar-refractivity contribution in [3.63, 3.8) is 0 Å². The van der Waals surface area contributed by atoms with Crippen molar-refractivity contribution in [3.8, 4) is 0 Å². The summed E-state index contributed by atoms with van der Waals surface area (Å²) in [7, 11) is 0. The van der Waals surface area contributed by atoms with E-state index in [9.17, 15) is 19.7 Å². The molecule has 2 rings (SSSR count). The number of amides is 2. The summed E-state index contributed by atoms with van der Waals surface area (Å²) in [5.41, 5.74) is 1.58. The first-order valence-corrected chi connectivity index (χ1v) is 11.8. The lowest BCUT2D eigenvalue weighted by Gasteiger charge is -2.29. The molecule has 0 heterocycles. The fourth-order valence-electron chi connectivity index (χ4n) is 2.87. The first kappa shape index (κ1) is 26.0. The number of nitro groups is 1. The molecule has 0 aliphatic heterocycles. The van der Waals surface area contributed by atoms with Gasteiger partial charge in [0.2, 0.25) is 11.8 Å². The highest BCUT2D eigenvalue weighted by atomic mass is 35.5. The van der Waals surface area contributed by atoms with Crippen LogP contribution in [0.5, 0.6) is 0 Å². The summed E-state index contributed by atoms with van der Waals surface area (Å²) in [6.45, 7) is 5.56. The van der Waals surface area contributed by atoms with Gasteiger partial charge in [0.25, 0.3) is 5.69 Å². The van der Waals surface area contributed by atoms with Crippen molar-refractivity contribution in [1.82, 2.24) is 10.2 Å². The van der Waals surface area contributed by atoms with E-state index in [1.54, 1.807) is 37.3 Å². The summed E-state index contributed by atoms with van der Waals surface area (Å²) in [5, 5.41) is 14.5. The van der Waals surface area contributed by atoms with Gasteiger partial charge in [-0.2, -0.15) is 0 Å². The third kappa shape index (κ3) is 7.69. The molecule has 10 heteroatoms. The molecule has 2 aromatic rings. The van der Waals surface area contributed by atoms with Crippen molar-refractivity contribution in [1.29, 1.82) is 0 Å². The van der Waals surface area contributed by atoms with Crippen LogP contribution >= 0.6 is 35.0 Å². The van der Waals surface area contributed by atoms with Crippen LogP contribution in [0.15, 0.2) is 42.5 Å². The molecule has 172 valence electrons. The molecule has 0 saturated carbocycles. The van der Waals surface area contributed by atoms with Crippen molar-refractivity contribution in [3.05, 3.63) is 73.8 Å². The molecule has 0 aromatic heterocycles. The lowest BCUT2D eigenvalue weighted by Crippen LogP contribution is -2.49.